The topological polar surface area (TPSA) is 29.1 Å². The number of rotatable bonds is 5. The second-order valence-corrected chi connectivity index (χ2v) is 6.30. The molecule has 0 bridgehead atoms. The van der Waals surface area contributed by atoms with Crippen LogP contribution in [0.4, 0.5) is 0 Å². The van der Waals surface area contributed by atoms with E-state index in [1.165, 1.54) is 19.3 Å². The lowest BCUT2D eigenvalue weighted by atomic mass is 10.1. The molecule has 84 valence electrons. The van der Waals surface area contributed by atoms with Crippen molar-refractivity contribution < 1.29 is 4.21 Å². The average Bonchev–Trinajstić information content (AvgIpc) is 2.48. The Morgan fingerprint density at radius 2 is 2.21 bits per heavy atom. The largest absolute Gasteiger partial charge is 0.311 e. The molecule has 14 heavy (non-hydrogen) atoms. The highest BCUT2D eigenvalue weighted by atomic mass is 32.2. The highest BCUT2D eigenvalue weighted by Gasteiger charge is 2.22. The molecule has 0 heterocycles. The lowest BCUT2D eigenvalue weighted by Crippen LogP contribution is -2.35. The summed E-state index contributed by atoms with van der Waals surface area (Å²) in [6.07, 6.45) is 6.82. The van der Waals surface area contributed by atoms with Crippen molar-refractivity contribution >= 4 is 10.8 Å². The minimum Gasteiger partial charge on any atom is -0.311 e. The summed E-state index contributed by atoms with van der Waals surface area (Å²) in [5.74, 6) is 1.72. The molecule has 0 saturated heterocycles. The van der Waals surface area contributed by atoms with Gasteiger partial charge < -0.3 is 5.32 Å². The Morgan fingerprint density at radius 3 is 2.71 bits per heavy atom. The molecule has 1 rings (SSSR count). The Balaban J connectivity index is 2.13. The Bertz CT molecular complexity index is 196. The molecule has 0 aromatic heterocycles. The predicted molar refractivity (Wildman–Crippen MR) is 63.0 cm³/mol. The van der Waals surface area contributed by atoms with E-state index >= 15 is 0 Å². The lowest BCUT2D eigenvalue weighted by molar-refractivity contribution is 0.433. The lowest BCUT2D eigenvalue weighted by Gasteiger charge is -2.18. The number of hydrogen-bond donors (Lipinski definition) is 1. The normalized spacial score (nSPS) is 31.6. The Morgan fingerprint density at radius 1 is 1.50 bits per heavy atom. The first kappa shape index (κ1) is 12.2. The summed E-state index contributed by atoms with van der Waals surface area (Å²) in [7, 11) is -0.636. The van der Waals surface area contributed by atoms with Crippen molar-refractivity contribution in [2.24, 2.45) is 5.92 Å². The third-order valence-corrected chi connectivity index (χ3v) is 3.86. The van der Waals surface area contributed by atoms with Gasteiger partial charge in [0.2, 0.25) is 0 Å². The maximum absolute atomic E-state index is 10.9. The first-order valence-corrected chi connectivity index (χ1v) is 7.36. The minimum absolute atomic E-state index is 0.522. The Hall–Kier alpha value is 0.110. The van der Waals surface area contributed by atoms with Crippen LogP contribution in [0.1, 0.15) is 39.5 Å². The van der Waals surface area contributed by atoms with Crippen LogP contribution in [0.5, 0.6) is 0 Å². The van der Waals surface area contributed by atoms with E-state index in [4.69, 9.17) is 0 Å². The zero-order valence-corrected chi connectivity index (χ0v) is 10.4. The van der Waals surface area contributed by atoms with Crippen molar-refractivity contribution in [3.63, 3.8) is 0 Å². The quantitative estimate of drug-likeness (QED) is 0.762. The maximum Gasteiger partial charge on any atom is 0.0246 e. The van der Waals surface area contributed by atoms with Crippen LogP contribution in [-0.4, -0.2) is 28.3 Å². The van der Waals surface area contributed by atoms with Gasteiger partial charge in [-0.1, -0.05) is 6.92 Å². The van der Waals surface area contributed by atoms with E-state index in [1.807, 2.05) is 0 Å². The summed E-state index contributed by atoms with van der Waals surface area (Å²) in [6, 6.07) is 1.24. The van der Waals surface area contributed by atoms with Crippen LogP contribution in [0, 0.1) is 5.92 Å². The van der Waals surface area contributed by atoms with Crippen molar-refractivity contribution in [3.05, 3.63) is 0 Å². The summed E-state index contributed by atoms with van der Waals surface area (Å²) in [4.78, 5) is 0. The fourth-order valence-electron chi connectivity index (χ4n) is 2.19. The van der Waals surface area contributed by atoms with E-state index in [1.54, 1.807) is 6.26 Å². The smallest absolute Gasteiger partial charge is 0.0246 e. The van der Waals surface area contributed by atoms with Gasteiger partial charge in [0.1, 0.15) is 0 Å². The third kappa shape index (κ3) is 4.56. The van der Waals surface area contributed by atoms with Crippen molar-refractivity contribution in [2.45, 2.75) is 51.6 Å². The summed E-state index contributed by atoms with van der Waals surface area (Å²) in [5, 5.41) is 3.63. The molecule has 0 spiro atoms. The second kappa shape index (κ2) is 5.86. The summed E-state index contributed by atoms with van der Waals surface area (Å²) in [6.45, 7) is 4.53. The fourth-order valence-corrected chi connectivity index (χ4v) is 2.87. The molecule has 1 saturated carbocycles. The number of nitrogens with one attached hydrogen (secondary N) is 1. The SMILES string of the molecule is CC1CCC(NC(C)CCS(C)=O)C1. The van der Waals surface area contributed by atoms with Crippen molar-refractivity contribution in [2.75, 3.05) is 12.0 Å². The average molecular weight is 217 g/mol. The fraction of sp³-hybridized carbons (Fsp3) is 1.00. The van der Waals surface area contributed by atoms with Gasteiger partial charge in [-0.2, -0.15) is 0 Å². The van der Waals surface area contributed by atoms with Crippen LogP contribution in [0.3, 0.4) is 0 Å². The van der Waals surface area contributed by atoms with Gasteiger partial charge >= 0.3 is 0 Å². The molecule has 0 aromatic rings. The first-order valence-electron chi connectivity index (χ1n) is 5.64. The standard InChI is InChI=1S/C11H23NOS/c1-9-4-5-11(8-9)12-10(2)6-7-14(3)13/h9-12H,4-8H2,1-3H3. The molecular formula is C11H23NOS. The molecule has 4 unspecified atom stereocenters. The van der Waals surface area contributed by atoms with Crippen molar-refractivity contribution in [1.29, 1.82) is 0 Å². The first-order chi connectivity index (χ1) is 6.58. The molecule has 1 fully saturated rings. The van der Waals surface area contributed by atoms with E-state index < -0.39 is 10.8 Å². The zero-order chi connectivity index (χ0) is 10.6. The van der Waals surface area contributed by atoms with Gasteiger partial charge in [-0.25, -0.2) is 0 Å². The van der Waals surface area contributed by atoms with E-state index in [9.17, 15) is 4.21 Å². The molecule has 0 aliphatic heterocycles. The van der Waals surface area contributed by atoms with Gasteiger partial charge in [-0.05, 0) is 38.5 Å². The van der Waals surface area contributed by atoms with Crippen molar-refractivity contribution in [3.8, 4) is 0 Å². The summed E-state index contributed by atoms with van der Waals surface area (Å²) in [5.41, 5.74) is 0. The van der Waals surface area contributed by atoms with Gasteiger partial charge in [-0.3, -0.25) is 4.21 Å². The van der Waals surface area contributed by atoms with E-state index in [0.29, 0.717) is 12.1 Å². The predicted octanol–water partition coefficient (Wildman–Crippen LogP) is 1.92. The van der Waals surface area contributed by atoms with E-state index in [-0.39, 0.29) is 0 Å². The van der Waals surface area contributed by atoms with Gasteiger partial charge in [0.15, 0.2) is 0 Å². The van der Waals surface area contributed by atoms with Crippen LogP contribution < -0.4 is 5.32 Å². The minimum atomic E-state index is -0.636. The van der Waals surface area contributed by atoms with Gasteiger partial charge in [0.05, 0.1) is 0 Å². The highest BCUT2D eigenvalue weighted by molar-refractivity contribution is 7.84. The van der Waals surface area contributed by atoms with Crippen molar-refractivity contribution in [1.82, 2.24) is 5.32 Å². The monoisotopic (exact) mass is 217 g/mol. The molecule has 0 radical (unpaired) electrons. The molecule has 1 aliphatic rings. The van der Waals surface area contributed by atoms with Crippen LogP contribution >= 0.6 is 0 Å². The molecular weight excluding hydrogens is 194 g/mol. The van der Waals surface area contributed by atoms with Gasteiger partial charge in [0, 0.05) is 34.9 Å². The summed E-state index contributed by atoms with van der Waals surface area (Å²) < 4.78 is 10.9. The molecule has 2 nitrogen and oxygen atoms in total. The molecule has 4 atom stereocenters. The van der Waals surface area contributed by atoms with Crippen LogP contribution in [0.25, 0.3) is 0 Å². The van der Waals surface area contributed by atoms with Gasteiger partial charge in [-0.15, -0.1) is 0 Å². The molecule has 3 heteroatoms. The Labute approximate surface area is 90.3 Å². The molecule has 0 amide bonds. The van der Waals surface area contributed by atoms with Crippen LogP contribution in [0.2, 0.25) is 0 Å². The van der Waals surface area contributed by atoms with Gasteiger partial charge in [0.25, 0.3) is 0 Å². The van der Waals surface area contributed by atoms with E-state index in [2.05, 4.69) is 19.2 Å². The third-order valence-electron chi connectivity index (χ3n) is 3.05. The number of hydrogen-bond acceptors (Lipinski definition) is 2. The molecule has 1 aliphatic carbocycles. The highest BCUT2D eigenvalue weighted by Crippen LogP contribution is 2.24. The molecule has 1 N–H and O–H groups in total. The van der Waals surface area contributed by atoms with Crippen LogP contribution in [0.15, 0.2) is 0 Å². The second-order valence-electron chi connectivity index (χ2n) is 4.75. The molecule has 0 aromatic carbocycles. The Kier molecular flexibility index (Phi) is 5.10. The van der Waals surface area contributed by atoms with E-state index in [0.717, 1.165) is 18.1 Å². The van der Waals surface area contributed by atoms with Crippen LogP contribution in [-0.2, 0) is 10.8 Å². The summed E-state index contributed by atoms with van der Waals surface area (Å²) >= 11 is 0. The zero-order valence-electron chi connectivity index (χ0n) is 9.58. The maximum atomic E-state index is 10.9.